The fourth-order valence-electron chi connectivity index (χ4n) is 2.43. The summed E-state index contributed by atoms with van der Waals surface area (Å²) in [6.07, 6.45) is 3.72. The molecule has 0 saturated heterocycles. The molecule has 2 rings (SSSR count). The minimum atomic E-state index is 0.895. The largest absolute Gasteiger partial charge is 0.399 e. The van der Waals surface area contributed by atoms with Crippen molar-refractivity contribution in [2.24, 2.45) is 0 Å². The lowest BCUT2D eigenvalue weighted by Gasteiger charge is -2.31. The van der Waals surface area contributed by atoms with Crippen LogP contribution in [0.1, 0.15) is 25.3 Å². The van der Waals surface area contributed by atoms with E-state index in [4.69, 9.17) is 5.73 Å². The molecule has 3 heteroatoms. The van der Waals surface area contributed by atoms with Gasteiger partial charge in [0.25, 0.3) is 0 Å². The van der Waals surface area contributed by atoms with E-state index in [1.54, 1.807) is 0 Å². The van der Waals surface area contributed by atoms with Crippen LogP contribution in [0, 0.1) is 0 Å². The molecule has 1 heterocycles. The average molecular weight is 250 g/mol. The molecule has 1 aromatic rings. The Hall–Kier alpha value is -0.830. The molecule has 1 aromatic carbocycles. The van der Waals surface area contributed by atoms with Gasteiger partial charge >= 0.3 is 0 Å². The highest BCUT2D eigenvalue weighted by Gasteiger charge is 2.16. The maximum atomic E-state index is 5.85. The molecule has 1 aliphatic rings. The van der Waals surface area contributed by atoms with E-state index in [1.165, 1.54) is 55.1 Å². The third-order valence-electron chi connectivity index (χ3n) is 3.24. The first kappa shape index (κ1) is 12.6. The summed E-state index contributed by atoms with van der Waals surface area (Å²) >= 11 is 2.03. The predicted molar refractivity (Wildman–Crippen MR) is 79.0 cm³/mol. The Morgan fingerprint density at radius 1 is 1.41 bits per heavy atom. The fraction of sp³-hybridized carbons (Fsp3) is 0.571. The molecule has 0 bridgehead atoms. The summed E-state index contributed by atoms with van der Waals surface area (Å²) in [7, 11) is 0. The first-order valence-electron chi connectivity index (χ1n) is 6.52. The smallest absolute Gasteiger partial charge is 0.0400 e. The van der Waals surface area contributed by atoms with Gasteiger partial charge in [-0.3, -0.25) is 0 Å². The Kier molecular flexibility index (Phi) is 4.60. The lowest BCUT2D eigenvalue weighted by atomic mass is 10.0. The Morgan fingerprint density at radius 3 is 3.12 bits per heavy atom. The lowest BCUT2D eigenvalue weighted by Crippen LogP contribution is -2.30. The third-order valence-corrected chi connectivity index (χ3v) is 4.22. The van der Waals surface area contributed by atoms with Gasteiger partial charge in [-0.25, -0.2) is 0 Å². The highest BCUT2D eigenvalue weighted by atomic mass is 32.2. The number of nitrogens with zero attached hydrogens (tertiary/aromatic N) is 1. The van der Waals surface area contributed by atoms with Gasteiger partial charge in [0.05, 0.1) is 0 Å². The number of aryl methyl sites for hydroxylation is 1. The second-order valence-electron chi connectivity index (χ2n) is 4.53. The number of fused-ring (bicyclic) bond motifs is 1. The molecule has 94 valence electrons. The van der Waals surface area contributed by atoms with Crippen LogP contribution in [0.25, 0.3) is 0 Å². The van der Waals surface area contributed by atoms with Crippen molar-refractivity contribution in [1.82, 2.24) is 0 Å². The minimum absolute atomic E-state index is 0.895. The lowest BCUT2D eigenvalue weighted by molar-refractivity contribution is 0.683. The summed E-state index contributed by atoms with van der Waals surface area (Å²) in [6, 6.07) is 6.36. The topological polar surface area (TPSA) is 29.3 Å². The zero-order chi connectivity index (χ0) is 12.1. The second-order valence-corrected chi connectivity index (χ2v) is 5.92. The number of thioether (sulfide) groups is 1. The molecule has 0 radical (unpaired) electrons. The van der Waals surface area contributed by atoms with Gasteiger partial charge in [-0.2, -0.15) is 11.8 Å². The van der Waals surface area contributed by atoms with Crippen molar-refractivity contribution in [3.8, 4) is 0 Å². The number of nitrogen functional groups attached to an aromatic ring is 1. The van der Waals surface area contributed by atoms with E-state index in [2.05, 4.69) is 24.0 Å². The molecule has 0 aliphatic carbocycles. The molecular weight excluding hydrogens is 228 g/mol. The van der Waals surface area contributed by atoms with Crippen molar-refractivity contribution in [3.05, 3.63) is 23.8 Å². The minimum Gasteiger partial charge on any atom is -0.399 e. The summed E-state index contributed by atoms with van der Waals surface area (Å²) in [6.45, 7) is 4.61. The number of nitrogens with two attached hydrogens (primary N) is 1. The first-order valence-corrected chi connectivity index (χ1v) is 7.68. The highest BCUT2D eigenvalue weighted by molar-refractivity contribution is 7.99. The quantitative estimate of drug-likeness (QED) is 0.643. The zero-order valence-corrected chi connectivity index (χ0v) is 11.4. The molecule has 1 aliphatic heterocycles. The van der Waals surface area contributed by atoms with Gasteiger partial charge in [-0.05, 0) is 54.5 Å². The molecule has 0 aromatic heterocycles. The Bertz CT molecular complexity index is 365. The van der Waals surface area contributed by atoms with E-state index < -0.39 is 0 Å². The number of rotatable bonds is 5. The van der Waals surface area contributed by atoms with E-state index in [1.807, 2.05) is 17.8 Å². The van der Waals surface area contributed by atoms with E-state index in [0.29, 0.717) is 0 Å². The molecule has 17 heavy (non-hydrogen) atoms. The maximum absolute atomic E-state index is 5.85. The summed E-state index contributed by atoms with van der Waals surface area (Å²) in [5.41, 5.74) is 9.58. The van der Waals surface area contributed by atoms with Crippen LogP contribution >= 0.6 is 11.8 Å². The zero-order valence-electron chi connectivity index (χ0n) is 10.6. The SMILES string of the molecule is CCSCCCN1CCCc2cc(N)ccc21. The fourth-order valence-corrected chi connectivity index (χ4v) is 3.05. The number of anilines is 2. The van der Waals surface area contributed by atoms with Gasteiger partial charge in [0.15, 0.2) is 0 Å². The van der Waals surface area contributed by atoms with Gasteiger partial charge < -0.3 is 10.6 Å². The van der Waals surface area contributed by atoms with Gasteiger partial charge in [-0.1, -0.05) is 6.92 Å². The van der Waals surface area contributed by atoms with Gasteiger partial charge in [0, 0.05) is 24.5 Å². The molecule has 2 N–H and O–H groups in total. The van der Waals surface area contributed by atoms with Crippen LogP contribution in [0.5, 0.6) is 0 Å². The maximum Gasteiger partial charge on any atom is 0.0400 e. The molecule has 0 spiro atoms. The van der Waals surface area contributed by atoms with Crippen LogP contribution in [-0.4, -0.2) is 24.6 Å². The van der Waals surface area contributed by atoms with Crippen molar-refractivity contribution in [3.63, 3.8) is 0 Å². The predicted octanol–water partition coefficient (Wildman–Crippen LogP) is 3.16. The summed E-state index contributed by atoms with van der Waals surface area (Å²) in [4.78, 5) is 2.52. The van der Waals surface area contributed by atoms with Gasteiger partial charge in [0.1, 0.15) is 0 Å². The number of hydrogen-bond acceptors (Lipinski definition) is 3. The molecule has 0 unspecified atom stereocenters. The standard InChI is InChI=1S/C14H22N2S/c1-2-17-10-4-9-16-8-3-5-12-11-13(15)6-7-14(12)16/h6-7,11H,2-5,8-10,15H2,1H3. The molecule has 2 nitrogen and oxygen atoms in total. The normalized spacial score (nSPS) is 14.8. The van der Waals surface area contributed by atoms with Crippen molar-refractivity contribution in [1.29, 1.82) is 0 Å². The van der Waals surface area contributed by atoms with E-state index in [0.717, 1.165) is 5.69 Å². The van der Waals surface area contributed by atoms with Gasteiger partial charge in [0.2, 0.25) is 0 Å². The van der Waals surface area contributed by atoms with Crippen LogP contribution in [-0.2, 0) is 6.42 Å². The Balaban J connectivity index is 1.97. The van der Waals surface area contributed by atoms with Crippen molar-refractivity contribution < 1.29 is 0 Å². The van der Waals surface area contributed by atoms with E-state index in [-0.39, 0.29) is 0 Å². The molecule has 0 fully saturated rings. The van der Waals surface area contributed by atoms with Crippen molar-refractivity contribution >= 4 is 23.1 Å². The monoisotopic (exact) mass is 250 g/mol. The van der Waals surface area contributed by atoms with Crippen LogP contribution in [0.3, 0.4) is 0 Å². The summed E-state index contributed by atoms with van der Waals surface area (Å²) < 4.78 is 0. The third kappa shape index (κ3) is 3.32. The highest BCUT2D eigenvalue weighted by Crippen LogP contribution is 2.28. The van der Waals surface area contributed by atoms with E-state index in [9.17, 15) is 0 Å². The van der Waals surface area contributed by atoms with Crippen LogP contribution in [0.15, 0.2) is 18.2 Å². The van der Waals surface area contributed by atoms with Crippen molar-refractivity contribution in [2.45, 2.75) is 26.2 Å². The van der Waals surface area contributed by atoms with Crippen LogP contribution in [0.2, 0.25) is 0 Å². The summed E-state index contributed by atoms with van der Waals surface area (Å²) in [5, 5.41) is 0. The number of hydrogen-bond donors (Lipinski definition) is 1. The number of benzene rings is 1. The second kappa shape index (κ2) is 6.20. The Labute approximate surface area is 109 Å². The average Bonchev–Trinajstić information content (AvgIpc) is 2.34. The molecule has 0 saturated carbocycles. The molecular formula is C14H22N2S. The Morgan fingerprint density at radius 2 is 2.29 bits per heavy atom. The molecule has 0 amide bonds. The van der Waals surface area contributed by atoms with Crippen LogP contribution in [0.4, 0.5) is 11.4 Å². The first-order chi connectivity index (χ1) is 8.31. The van der Waals surface area contributed by atoms with Crippen LogP contribution < -0.4 is 10.6 Å². The molecule has 0 atom stereocenters. The van der Waals surface area contributed by atoms with E-state index >= 15 is 0 Å². The van der Waals surface area contributed by atoms with Crippen molar-refractivity contribution in [2.75, 3.05) is 35.2 Å². The van der Waals surface area contributed by atoms with Gasteiger partial charge in [-0.15, -0.1) is 0 Å². The summed E-state index contributed by atoms with van der Waals surface area (Å²) in [5.74, 6) is 2.50.